The molecule has 1 amide bonds. The smallest absolute Gasteiger partial charge is 0.251 e. The van der Waals surface area contributed by atoms with Gasteiger partial charge >= 0.3 is 0 Å². The minimum Gasteiger partial charge on any atom is -0.487 e. The number of halogens is 2. The van der Waals surface area contributed by atoms with Crippen LogP contribution in [0.3, 0.4) is 0 Å². The van der Waals surface area contributed by atoms with E-state index in [2.05, 4.69) is 20.3 Å². The summed E-state index contributed by atoms with van der Waals surface area (Å²) in [4.78, 5) is 27.3. The fraction of sp³-hybridized carbons (Fsp3) is 0.238. The SMILES string of the molecule is O=C1NCCc2c1ccnc2-c1cc(N2CC(Oc3cc(F)cc(Cl)c3)C2)ncn1. The first-order chi connectivity index (χ1) is 14.6. The van der Waals surface area contributed by atoms with Gasteiger partial charge in [-0.3, -0.25) is 9.78 Å². The van der Waals surface area contributed by atoms with Gasteiger partial charge in [-0.2, -0.15) is 0 Å². The number of amides is 1. The van der Waals surface area contributed by atoms with Crippen LogP contribution in [-0.4, -0.2) is 46.6 Å². The van der Waals surface area contributed by atoms with Gasteiger partial charge in [0.2, 0.25) is 0 Å². The van der Waals surface area contributed by atoms with Gasteiger partial charge in [-0.15, -0.1) is 0 Å². The minimum atomic E-state index is -0.429. The Balaban J connectivity index is 1.32. The number of anilines is 1. The molecule has 1 saturated heterocycles. The lowest BCUT2D eigenvalue weighted by Gasteiger charge is -2.39. The molecule has 0 aliphatic carbocycles. The molecule has 5 rings (SSSR count). The number of carbonyl (C=O) groups is 1. The third kappa shape index (κ3) is 3.54. The molecule has 0 saturated carbocycles. The Hall–Kier alpha value is -3.26. The number of hydrogen-bond acceptors (Lipinski definition) is 6. The topological polar surface area (TPSA) is 80.2 Å². The van der Waals surface area contributed by atoms with Gasteiger partial charge in [0.15, 0.2) is 0 Å². The molecule has 1 fully saturated rings. The maximum Gasteiger partial charge on any atom is 0.251 e. The van der Waals surface area contributed by atoms with Gasteiger partial charge < -0.3 is 15.0 Å². The van der Waals surface area contributed by atoms with Crippen LogP contribution < -0.4 is 15.0 Å². The van der Waals surface area contributed by atoms with Crippen LogP contribution in [0.1, 0.15) is 15.9 Å². The number of benzene rings is 1. The van der Waals surface area contributed by atoms with Crippen molar-refractivity contribution in [2.45, 2.75) is 12.5 Å². The molecule has 152 valence electrons. The van der Waals surface area contributed by atoms with Crippen LogP contribution in [0.15, 0.2) is 42.9 Å². The number of aromatic nitrogens is 3. The molecule has 9 heteroatoms. The first-order valence-corrected chi connectivity index (χ1v) is 9.91. The normalized spacial score (nSPS) is 15.9. The lowest BCUT2D eigenvalue weighted by atomic mass is 9.97. The van der Waals surface area contributed by atoms with E-state index in [0.717, 1.165) is 11.4 Å². The van der Waals surface area contributed by atoms with Crippen LogP contribution in [-0.2, 0) is 6.42 Å². The number of ether oxygens (including phenoxy) is 1. The van der Waals surface area contributed by atoms with Crippen molar-refractivity contribution in [2.75, 3.05) is 24.5 Å². The van der Waals surface area contributed by atoms with Gasteiger partial charge in [-0.05, 0) is 30.2 Å². The molecule has 0 spiro atoms. The highest BCUT2D eigenvalue weighted by Crippen LogP contribution is 2.29. The van der Waals surface area contributed by atoms with Crippen LogP contribution in [0, 0.1) is 5.82 Å². The third-order valence-corrected chi connectivity index (χ3v) is 5.39. The molecule has 7 nitrogen and oxygen atoms in total. The number of rotatable bonds is 4. The van der Waals surface area contributed by atoms with E-state index in [0.29, 0.717) is 53.8 Å². The molecule has 3 aromatic rings. The van der Waals surface area contributed by atoms with E-state index < -0.39 is 5.82 Å². The van der Waals surface area contributed by atoms with E-state index in [9.17, 15) is 9.18 Å². The molecule has 0 bridgehead atoms. The van der Waals surface area contributed by atoms with Gasteiger partial charge in [-0.25, -0.2) is 14.4 Å². The Morgan fingerprint density at radius 1 is 1.17 bits per heavy atom. The summed E-state index contributed by atoms with van der Waals surface area (Å²) in [6.07, 6.45) is 3.74. The zero-order chi connectivity index (χ0) is 20.7. The Morgan fingerprint density at radius 2 is 2.03 bits per heavy atom. The second kappa shape index (κ2) is 7.53. The van der Waals surface area contributed by atoms with Crippen molar-refractivity contribution in [1.29, 1.82) is 0 Å². The fourth-order valence-corrected chi connectivity index (χ4v) is 3.93. The van der Waals surface area contributed by atoms with Gasteiger partial charge in [0.1, 0.15) is 29.8 Å². The predicted molar refractivity (Wildman–Crippen MR) is 109 cm³/mol. The Labute approximate surface area is 176 Å². The Morgan fingerprint density at radius 3 is 2.87 bits per heavy atom. The maximum absolute atomic E-state index is 13.5. The molecule has 2 aliphatic heterocycles. The van der Waals surface area contributed by atoms with Crippen molar-refractivity contribution >= 4 is 23.3 Å². The highest BCUT2D eigenvalue weighted by Gasteiger charge is 2.30. The summed E-state index contributed by atoms with van der Waals surface area (Å²) >= 11 is 5.88. The molecular weight excluding hydrogens is 409 g/mol. The first kappa shape index (κ1) is 18.7. The van der Waals surface area contributed by atoms with E-state index in [1.807, 2.05) is 11.0 Å². The summed E-state index contributed by atoms with van der Waals surface area (Å²) in [6.45, 7) is 1.79. The predicted octanol–water partition coefficient (Wildman–Crippen LogP) is 2.88. The van der Waals surface area contributed by atoms with Crippen LogP contribution in [0.2, 0.25) is 5.02 Å². The summed E-state index contributed by atoms with van der Waals surface area (Å²) in [5.74, 6) is 0.638. The van der Waals surface area contributed by atoms with Crippen molar-refractivity contribution < 1.29 is 13.9 Å². The third-order valence-electron chi connectivity index (χ3n) is 5.17. The first-order valence-electron chi connectivity index (χ1n) is 9.53. The quantitative estimate of drug-likeness (QED) is 0.692. The van der Waals surface area contributed by atoms with E-state index in [4.69, 9.17) is 16.3 Å². The molecule has 2 aliphatic rings. The summed E-state index contributed by atoms with van der Waals surface area (Å²) in [6, 6.07) is 7.74. The summed E-state index contributed by atoms with van der Waals surface area (Å²) in [7, 11) is 0. The molecule has 30 heavy (non-hydrogen) atoms. The van der Waals surface area contributed by atoms with Crippen molar-refractivity contribution in [3.05, 3.63) is 64.8 Å². The van der Waals surface area contributed by atoms with Gasteiger partial charge in [0, 0.05) is 35.5 Å². The highest BCUT2D eigenvalue weighted by atomic mass is 35.5. The molecule has 4 heterocycles. The van der Waals surface area contributed by atoms with Crippen LogP contribution in [0.25, 0.3) is 11.4 Å². The second-order valence-corrected chi connectivity index (χ2v) is 7.64. The van der Waals surface area contributed by atoms with Crippen molar-refractivity contribution in [3.8, 4) is 17.1 Å². The standard InChI is InChI=1S/C21H17ClFN5O2/c22-12-5-13(23)7-14(6-12)30-15-9-28(10-15)19-8-18(26-11-27-19)20-16-1-4-25-21(29)17(16)2-3-24-20/h2-3,5-8,11,15H,1,4,9-10H2,(H,25,29). The average Bonchev–Trinajstić information content (AvgIpc) is 2.70. The van der Waals surface area contributed by atoms with E-state index in [1.165, 1.54) is 18.5 Å². The molecule has 2 aromatic heterocycles. The summed E-state index contributed by atoms with van der Waals surface area (Å²) in [5, 5.41) is 3.14. The monoisotopic (exact) mass is 425 g/mol. The van der Waals surface area contributed by atoms with E-state index >= 15 is 0 Å². The number of nitrogens with one attached hydrogen (secondary N) is 1. The number of fused-ring (bicyclic) bond motifs is 1. The Kier molecular flexibility index (Phi) is 4.71. The molecule has 0 radical (unpaired) electrons. The average molecular weight is 426 g/mol. The fourth-order valence-electron chi connectivity index (χ4n) is 3.71. The van der Waals surface area contributed by atoms with Gasteiger partial charge in [0.05, 0.1) is 24.5 Å². The summed E-state index contributed by atoms with van der Waals surface area (Å²) < 4.78 is 19.3. The van der Waals surface area contributed by atoms with E-state index in [1.54, 1.807) is 18.3 Å². The van der Waals surface area contributed by atoms with Gasteiger partial charge in [-0.1, -0.05) is 11.6 Å². The highest BCUT2D eigenvalue weighted by molar-refractivity contribution is 6.30. The second-order valence-electron chi connectivity index (χ2n) is 7.20. The number of hydrogen-bond donors (Lipinski definition) is 1. The molecular formula is C21H17ClFN5O2. The van der Waals surface area contributed by atoms with Crippen LogP contribution >= 0.6 is 11.6 Å². The number of nitrogens with zero attached hydrogens (tertiary/aromatic N) is 4. The number of carbonyl (C=O) groups excluding carboxylic acids is 1. The lowest BCUT2D eigenvalue weighted by molar-refractivity contribution is 0.0946. The largest absolute Gasteiger partial charge is 0.487 e. The van der Waals surface area contributed by atoms with Crippen molar-refractivity contribution in [2.24, 2.45) is 0 Å². The zero-order valence-electron chi connectivity index (χ0n) is 15.8. The molecule has 0 atom stereocenters. The Bertz CT molecular complexity index is 1120. The molecule has 1 aromatic carbocycles. The lowest BCUT2D eigenvalue weighted by Crippen LogP contribution is -2.54. The van der Waals surface area contributed by atoms with Crippen molar-refractivity contribution in [1.82, 2.24) is 20.3 Å². The minimum absolute atomic E-state index is 0.0886. The van der Waals surface area contributed by atoms with Crippen LogP contribution in [0.5, 0.6) is 5.75 Å². The van der Waals surface area contributed by atoms with E-state index in [-0.39, 0.29) is 12.0 Å². The molecule has 0 unspecified atom stereocenters. The van der Waals surface area contributed by atoms with Crippen LogP contribution in [0.4, 0.5) is 10.2 Å². The molecule has 1 N–H and O–H groups in total. The maximum atomic E-state index is 13.5. The summed E-state index contributed by atoms with van der Waals surface area (Å²) in [5.41, 5.74) is 2.91. The zero-order valence-corrected chi connectivity index (χ0v) is 16.6. The number of pyridine rings is 1. The van der Waals surface area contributed by atoms with Gasteiger partial charge in [0.25, 0.3) is 5.91 Å². The van der Waals surface area contributed by atoms with Crippen molar-refractivity contribution in [3.63, 3.8) is 0 Å².